The van der Waals surface area contributed by atoms with Crippen LogP contribution < -0.4 is 0 Å². The van der Waals surface area contributed by atoms with Gasteiger partial charge in [0.2, 0.25) is 5.91 Å². The van der Waals surface area contributed by atoms with Crippen molar-refractivity contribution in [3.63, 3.8) is 0 Å². The third-order valence-electron chi connectivity index (χ3n) is 5.07. The fourth-order valence-electron chi connectivity index (χ4n) is 3.45. The number of carbonyl (C=O) groups is 1. The normalized spacial score (nSPS) is 13.3. The number of benzene rings is 1. The highest BCUT2D eigenvalue weighted by molar-refractivity contribution is 7.10. The molecule has 1 aromatic carbocycles. The molecule has 0 aliphatic heterocycles. The molecule has 142 valence electrons. The summed E-state index contributed by atoms with van der Waals surface area (Å²) in [6, 6.07) is 16.8. The lowest BCUT2D eigenvalue weighted by Crippen LogP contribution is -2.34. The third kappa shape index (κ3) is 4.69. The molecule has 27 heavy (non-hydrogen) atoms. The number of rotatable bonds is 8. The molecule has 0 spiro atoms. The molecule has 0 N–H and O–H groups in total. The van der Waals surface area contributed by atoms with Crippen LogP contribution in [0.2, 0.25) is 0 Å². The SMILES string of the molecule is CCC(=O)N(CC[C@@H](c1ccc(C)cc1)c1ccco1)[C@H](C)c1cccs1. The van der Waals surface area contributed by atoms with Gasteiger partial charge in [-0.25, -0.2) is 0 Å². The van der Waals surface area contributed by atoms with Crippen LogP contribution in [-0.4, -0.2) is 17.4 Å². The Kier molecular flexibility index (Phi) is 6.51. The first-order chi connectivity index (χ1) is 13.1. The number of amides is 1. The van der Waals surface area contributed by atoms with E-state index in [9.17, 15) is 4.79 Å². The van der Waals surface area contributed by atoms with Gasteiger partial charge in [-0.3, -0.25) is 4.79 Å². The largest absolute Gasteiger partial charge is 0.469 e. The minimum Gasteiger partial charge on any atom is -0.469 e. The molecule has 3 nitrogen and oxygen atoms in total. The predicted octanol–water partition coefficient (Wildman–Crippen LogP) is 6.17. The van der Waals surface area contributed by atoms with E-state index >= 15 is 0 Å². The maximum absolute atomic E-state index is 12.6. The quantitative estimate of drug-likeness (QED) is 0.467. The second-order valence-electron chi connectivity index (χ2n) is 6.90. The summed E-state index contributed by atoms with van der Waals surface area (Å²) >= 11 is 1.70. The number of aryl methyl sites for hydroxylation is 1. The van der Waals surface area contributed by atoms with Crippen LogP contribution in [0.5, 0.6) is 0 Å². The van der Waals surface area contributed by atoms with Crippen molar-refractivity contribution in [1.29, 1.82) is 0 Å². The van der Waals surface area contributed by atoms with Gasteiger partial charge in [-0.2, -0.15) is 0 Å². The van der Waals surface area contributed by atoms with Gasteiger partial charge in [0.1, 0.15) is 5.76 Å². The smallest absolute Gasteiger partial charge is 0.222 e. The van der Waals surface area contributed by atoms with Crippen molar-refractivity contribution in [1.82, 2.24) is 4.90 Å². The Labute approximate surface area is 165 Å². The van der Waals surface area contributed by atoms with Gasteiger partial charge in [-0.1, -0.05) is 42.8 Å². The van der Waals surface area contributed by atoms with Crippen molar-refractivity contribution in [3.8, 4) is 0 Å². The second kappa shape index (κ2) is 9.05. The molecular formula is C23H27NO2S. The van der Waals surface area contributed by atoms with E-state index in [1.54, 1.807) is 17.6 Å². The molecule has 0 saturated carbocycles. The first-order valence-electron chi connectivity index (χ1n) is 9.53. The highest BCUT2D eigenvalue weighted by Crippen LogP contribution is 2.31. The Hall–Kier alpha value is -2.33. The van der Waals surface area contributed by atoms with Crippen LogP contribution in [0.4, 0.5) is 0 Å². The van der Waals surface area contributed by atoms with Gasteiger partial charge in [0, 0.05) is 23.8 Å². The van der Waals surface area contributed by atoms with Crippen LogP contribution in [0.1, 0.15) is 60.4 Å². The van der Waals surface area contributed by atoms with Crippen molar-refractivity contribution in [2.45, 2.75) is 45.6 Å². The lowest BCUT2D eigenvalue weighted by molar-refractivity contribution is -0.133. The molecule has 1 amide bonds. The van der Waals surface area contributed by atoms with Gasteiger partial charge in [0.15, 0.2) is 0 Å². The molecule has 0 aliphatic rings. The van der Waals surface area contributed by atoms with E-state index in [0.29, 0.717) is 13.0 Å². The molecule has 3 rings (SSSR count). The Bertz CT molecular complexity index is 822. The van der Waals surface area contributed by atoms with Crippen LogP contribution in [-0.2, 0) is 4.79 Å². The molecule has 0 saturated heterocycles. The molecular weight excluding hydrogens is 354 g/mol. The minimum absolute atomic E-state index is 0.0905. The second-order valence-corrected chi connectivity index (χ2v) is 7.88. The fourth-order valence-corrected chi connectivity index (χ4v) is 4.25. The number of hydrogen-bond donors (Lipinski definition) is 0. The molecule has 4 heteroatoms. The molecule has 0 radical (unpaired) electrons. The molecule has 3 aromatic rings. The van der Waals surface area contributed by atoms with E-state index in [4.69, 9.17) is 4.42 Å². The molecule has 0 bridgehead atoms. The van der Waals surface area contributed by atoms with E-state index in [2.05, 4.69) is 49.6 Å². The highest BCUT2D eigenvalue weighted by Gasteiger charge is 2.24. The Balaban J connectivity index is 1.81. The van der Waals surface area contributed by atoms with Gasteiger partial charge in [0.25, 0.3) is 0 Å². The van der Waals surface area contributed by atoms with Gasteiger partial charge >= 0.3 is 0 Å². The van der Waals surface area contributed by atoms with Crippen LogP contribution in [0, 0.1) is 6.92 Å². The first kappa shape index (κ1) is 19.4. The lowest BCUT2D eigenvalue weighted by Gasteiger charge is -2.30. The van der Waals surface area contributed by atoms with E-state index in [-0.39, 0.29) is 17.9 Å². The standard InChI is InChI=1S/C23H27NO2S/c1-4-23(25)24(18(3)22-8-6-16-27-22)14-13-20(21-7-5-15-26-21)19-11-9-17(2)10-12-19/h5-12,15-16,18,20H,4,13-14H2,1-3H3/t18-,20+/m1/s1. The average molecular weight is 382 g/mol. The van der Waals surface area contributed by atoms with E-state index in [1.807, 2.05) is 30.0 Å². The molecule has 0 aliphatic carbocycles. The lowest BCUT2D eigenvalue weighted by atomic mass is 9.92. The summed E-state index contributed by atoms with van der Waals surface area (Å²) in [6.07, 6.45) is 3.07. The Morgan fingerprint density at radius 1 is 1.15 bits per heavy atom. The number of nitrogens with zero attached hydrogens (tertiary/aromatic N) is 1. The topological polar surface area (TPSA) is 33.5 Å². The molecule has 0 unspecified atom stereocenters. The summed E-state index contributed by atoms with van der Waals surface area (Å²) in [5.41, 5.74) is 2.47. The van der Waals surface area contributed by atoms with Gasteiger partial charge in [0.05, 0.1) is 12.3 Å². The van der Waals surface area contributed by atoms with E-state index < -0.39 is 0 Å². The minimum atomic E-state index is 0.0905. The van der Waals surface area contributed by atoms with Crippen LogP contribution in [0.15, 0.2) is 64.6 Å². The number of carbonyl (C=O) groups excluding carboxylic acids is 1. The summed E-state index contributed by atoms with van der Waals surface area (Å²) in [5.74, 6) is 1.29. The van der Waals surface area contributed by atoms with Crippen molar-refractivity contribution < 1.29 is 9.21 Å². The van der Waals surface area contributed by atoms with Crippen molar-refractivity contribution in [2.75, 3.05) is 6.54 Å². The van der Waals surface area contributed by atoms with Gasteiger partial charge in [-0.05, 0) is 49.4 Å². The van der Waals surface area contributed by atoms with Crippen molar-refractivity contribution >= 4 is 17.2 Å². The monoisotopic (exact) mass is 381 g/mol. The number of hydrogen-bond acceptors (Lipinski definition) is 3. The molecule has 2 aromatic heterocycles. The maximum Gasteiger partial charge on any atom is 0.222 e. The summed E-state index contributed by atoms with van der Waals surface area (Å²) in [7, 11) is 0. The molecule has 2 atom stereocenters. The number of thiophene rings is 1. The number of furan rings is 1. The Morgan fingerprint density at radius 3 is 2.52 bits per heavy atom. The summed E-state index contributed by atoms with van der Waals surface area (Å²) in [6.45, 7) is 6.84. The summed E-state index contributed by atoms with van der Waals surface area (Å²) < 4.78 is 5.73. The van der Waals surface area contributed by atoms with Crippen LogP contribution >= 0.6 is 11.3 Å². The summed E-state index contributed by atoms with van der Waals surface area (Å²) in [4.78, 5) is 15.9. The van der Waals surface area contributed by atoms with E-state index in [1.165, 1.54) is 16.0 Å². The van der Waals surface area contributed by atoms with Gasteiger partial charge < -0.3 is 9.32 Å². The first-order valence-corrected chi connectivity index (χ1v) is 10.4. The average Bonchev–Trinajstić information content (AvgIpc) is 3.39. The fraction of sp³-hybridized carbons (Fsp3) is 0.348. The third-order valence-corrected chi connectivity index (χ3v) is 6.11. The van der Waals surface area contributed by atoms with Crippen LogP contribution in [0.25, 0.3) is 0 Å². The molecule has 0 fully saturated rings. The summed E-state index contributed by atoms with van der Waals surface area (Å²) in [5, 5.41) is 2.07. The predicted molar refractivity (Wildman–Crippen MR) is 111 cm³/mol. The highest BCUT2D eigenvalue weighted by atomic mass is 32.1. The zero-order valence-electron chi connectivity index (χ0n) is 16.2. The molecule has 2 heterocycles. The van der Waals surface area contributed by atoms with E-state index in [0.717, 1.165) is 12.2 Å². The zero-order chi connectivity index (χ0) is 19.2. The van der Waals surface area contributed by atoms with Crippen molar-refractivity contribution in [3.05, 3.63) is 81.9 Å². The maximum atomic E-state index is 12.6. The Morgan fingerprint density at radius 2 is 1.93 bits per heavy atom. The van der Waals surface area contributed by atoms with Gasteiger partial charge in [-0.15, -0.1) is 11.3 Å². The van der Waals surface area contributed by atoms with Crippen molar-refractivity contribution in [2.24, 2.45) is 0 Å². The van der Waals surface area contributed by atoms with Crippen LogP contribution in [0.3, 0.4) is 0 Å². The zero-order valence-corrected chi connectivity index (χ0v) is 17.0.